The number of anilines is 1. The van der Waals surface area contributed by atoms with Crippen LogP contribution in [0.2, 0.25) is 4.34 Å². The molecule has 6 heteroatoms. The van der Waals surface area contributed by atoms with E-state index in [1.807, 2.05) is 30.3 Å². The highest BCUT2D eigenvalue weighted by molar-refractivity contribution is 9.10. The Morgan fingerprint density at radius 2 is 2.11 bits per heavy atom. The molecule has 1 N–H and O–H groups in total. The molecule has 1 aromatic heterocycles. The van der Waals surface area contributed by atoms with E-state index in [0.29, 0.717) is 4.34 Å². The summed E-state index contributed by atoms with van der Waals surface area (Å²) in [5.41, 5.74) is 0.886. The molecule has 1 unspecified atom stereocenters. The first-order chi connectivity index (χ1) is 8.60. The predicted octanol–water partition coefficient (Wildman–Crippen LogP) is 5.60. The summed E-state index contributed by atoms with van der Waals surface area (Å²) in [4.78, 5) is 0.884. The summed E-state index contributed by atoms with van der Waals surface area (Å²) in [7, 11) is 0. The van der Waals surface area contributed by atoms with Crippen LogP contribution in [0.3, 0.4) is 0 Å². The van der Waals surface area contributed by atoms with Crippen LogP contribution in [0.5, 0.6) is 0 Å². The van der Waals surface area contributed by atoms with Gasteiger partial charge in [0.1, 0.15) is 10.4 Å². The normalized spacial score (nSPS) is 11.9. The third kappa shape index (κ3) is 3.27. The quantitative estimate of drug-likeness (QED) is 0.720. The minimum Gasteiger partial charge on any atom is -0.366 e. The highest BCUT2D eigenvalue weighted by Crippen LogP contribution is 2.36. The van der Waals surface area contributed by atoms with Gasteiger partial charge in [0.25, 0.3) is 0 Å². The molecule has 0 saturated carbocycles. The molecule has 0 amide bonds. The van der Waals surface area contributed by atoms with E-state index < -0.39 is 6.04 Å². The van der Waals surface area contributed by atoms with Crippen molar-refractivity contribution in [1.82, 2.24) is 0 Å². The molecule has 0 spiro atoms. The van der Waals surface area contributed by atoms with Gasteiger partial charge in [-0.15, -0.1) is 11.3 Å². The summed E-state index contributed by atoms with van der Waals surface area (Å²) in [6.07, 6.45) is 0. The fourth-order valence-electron chi connectivity index (χ4n) is 1.42. The Balaban J connectivity index is 2.23. The van der Waals surface area contributed by atoms with Crippen LogP contribution in [-0.4, -0.2) is 0 Å². The van der Waals surface area contributed by atoms with Crippen LogP contribution in [-0.2, 0) is 0 Å². The highest BCUT2D eigenvalue weighted by atomic mass is 79.9. The van der Waals surface area contributed by atoms with Gasteiger partial charge in [-0.1, -0.05) is 33.6 Å². The molecule has 1 heterocycles. The lowest BCUT2D eigenvalue weighted by atomic mass is 10.2. The number of halogens is 3. The molecule has 0 saturated heterocycles. The zero-order valence-electron chi connectivity index (χ0n) is 8.95. The zero-order chi connectivity index (χ0) is 13.1. The van der Waals surface area contributed by atoms with Gasteiger partial charge in [-0.2, -0.15) is 5.26 Å². The van der Waals surface area contributed by atoms with Gasteiger partial charge in [0, 0.05) is 19.5 Å². The lowest BCUT2D eigenvalue weighted by Crippen LogP contribution is -2.06. The Bertz CT molecular complexity index is 587. The van der Waals surface area contributed by atoms with Crippen molar-refractivity contribution in [3.8, 4) is 6.07 Å². The number of nitrogens with one attached hydrogen (secondary N) is 1. The Labute approximate surface area is 131 Å². The van der Waals surface area contributed by atoms with E-state index in [9.17, 15) is 5.26 Å². The number of hydrogen-bond acceptors (Lipinski definition) is 3. The number of hydrogen-bond donors (Lipinski definition) is 1. The molecule has 0 fully saturated rings. The largest absolute Gasteiger partial charge is 0.366 e. The van der Waals surface area contributed by atoms with E-state index >= 15 is 0 Å². The van der Waals surface area contributed by atoms with Crippen LogP contribution in [0.15, 0.2) is 39.3 Å². The van der Waals surface area contributed by atoms with E-state index in [1.165, 1.54) is 11.3 Å². The third-order valence-corrected chi connectivity index (χ3v) is 5.25. The van der Waals surface area contributed by atoms with Crippen LogP contribution < -0.4 is 5.32 Å². The van der Waals surface area contributed by atoms with Gasteiger partial charge < -0.3 is 5.32 Å². The first kappa shape index (κ1) is 13.9. The van der Waals surface area contributed by atoms with Crippen molar-refractivity contribution >= 4 is 60.5 Å². The van der Waals surface area contributed by atoms with Gasteiger partial charge in [-0.25, -0.2) is 0 Å². The molecule has 92 valence electrons. The zero-order valence-corrected chi connectivity index (χ0v) is 13.7. The first-order valence-electron chi connectivity index (χ1n) is 4.96. The van der Waals surface area contributed by atoms with Gasteiger partial charge in [-0.05, 0) is 40.2 Å². The number of thiophene rings is 1. The number of nitrogens with zero attached hydrogens (tertiary/aromatic N) is 1. The SMILES string of the molecule is N#CC(Nc1cccc(Br)c1)c1cc(Br)c(Cl)s1. The maximum Gasteiger partial charge on any atom is 0.149 e. The van der Waals surface area contributed by atoms with Crippen molar-refractivity contribution in [1.29, 1.82) is 5.26 Å². The maximum absolute atomic E-state index is 9.23. The van der Waals surface area contributed by atoms with Gasteiger partial charge in [0.15, 0.2) is 0 Å². The highest BCUT2D eigenvalue weighted by Gasteiger charge is 2.15. The van der Waals surface area contributed by atoms with Crippen molar-refractivity contribution < 1.29 is 0 Å². The summed E-state index contributed by atoms with van der Waals surface area (Å²) >= 11 is 14.1. The molecule has 1 atom stereocenters. The van der Waals surface area contributed by atoms with Gasteiger partial charge in [-0.3, -0.25) is 0 Å². The molecule has 2 nitrogen and oxygen atoms in total. The fourth-order valence-corrected chi connectivity index (χ4v) is 3.55. The van der Waals surface area contributed by atoms with E-state index in [4.69, 9.17) is 11.6 Å². The number of benzene rings is 1. The van der Waals surface area contributed by atoms with Crippen molar-refractivity contribution in [3.05, 3.63) is 48.5 Å². The Morgan fingerprint density at radius 3 is 2.67 bits per heavy atom. The first-order valence-corrected chi connectivity index (χ1v) is 7.74. The standard InChI is InChI=1S/C12H7Br2ClN2S/c13-7-2-1-3-8(4-7)17-10(6-16)11-5-9(14)12(15)18-11/h1-5,10,17H. The molecule has 2 aromatic rings. The minimum absolute atomic E-state index is 0.409. The lowest BCUT2D eigenvalue weighted by molar-refractivity contribution is 1.03. The monoisotopic (exact) mass is 404 g/mol. The average molecular weight is 407 g/mol. The van der Waals surface area contributed by atoms with Crippen molar-refractivity contribution in [2.24, 2.45) is 0 Å². The maximum atomic E-state index is 9.23. The van der Waals surface area contributed by atoms with Gasteiger partial charge in [0.2, 0.25) is 0 Å². The van der Waals surface area contributed by atoms with Crippen LogP contribution in [0.4, 0.5) is 5.69 Å². The lowest BCUT2D eigenvalue weighted by Gasteiger charge is -2.11. The van der Waals surface area contributed by atoms with Gasteiger partial charge in [0.05, 0.1) is 6.07 Å². The Kier molecular flexibility index (Phi) is 4.68. The molecular weight excluding hydrogens is 399 g/mol. The minimum atomic E-state index is -0.409. The summed E-state index contributed by atoms with van der Waals surface area (Å²) in [5, 5.41) is 12.4. The molecule has 2 rings (SSSR count). The third-order valence-electron chi connectivity index (χ3n) is 2.21. The fraction of sp³-hybridized carbons (Fsp3) is 0.0833. The molecule has 0 bridgehead atoms. The average Bonchev–Trinajstić information content (AvgIpc) is 2.66. The molecule has 1 aromatic carbocycles. The van der Waals surface area contributed by atoms with E-state index in [0.717, 1.165) is 19.5 Å². The molecule has 18 heavy (non-hydrogen) atoms. The number of rotatable bonds is 3. The van der Waals surface area contributed by atoms with E-state index in [1.54, 1.807) is 0 Å². The Morgan fingerprint density at radius 1 is 1.33 bits per heavy atom. The molecule has 0 aliphatic rings. The van der Waals surface area contributed by atoms with E-state index in [2.05, 4.69) is 43.2 Å². The second-order valence-corrected chi connectivity index (χ2v) is 6.94. The van der Waals surface area contributed by atoms with Crippen molar-refractivity contribution in [3.63, 3.8) is 0 Å². The van der Waals surface area contributed by atoms with Crippen molar-refractivity contribution in [2.75, 3.05) is 5.32 Å². The molecule has 0 radical (unpaired) electrons. The Hall–Kier alpha value is -0.540. The number of nitriles is 1. The van der Waals surface area contributed by atoms with Crippen LogP contribution in [0.25, 0.3) is 0 Å². The van der Waals surface area contributed by atoms with Crippen molar-refractivity contribution in [2.45, 2.75) is 6.04 Å². The van der Waals surface area contributed by atoms with E-state index in [-0.39, 0.29) is 0 Å². The molecular formula is C12H7Br2ClN2S. The summed E-state index contributed by atoms with van der Waals surface area (Å²) in [6, 6.07) is 11.4. The van der Waals surface area contributed by atoms with Crippen LogP contribution >= 0.6 is 54.8 Å². The molecule has 0 aliphatic heterocycles. The second-order valence-electron chi connectivity index (χ2n) is 3.49. The summed E-state index contributed by atoms with van der Waals surface area (Å²) < 4.78 is 2.44. The summed E-state index contributed by atoms with van der Waals surface area (Å²) in [5.74, 6) is 0. The smallest absolute Gasteiger partial charge is 0.149 e. The second kappa shape index (κ2) is 6.07. The summed E-state index contributed by atoms with van der Waals surface area (Å²) in [6.45, 7) is 0. The van der Waals surface area contributed by atoms with Crippen LogP contribution in [0, 0.1) is 11.3 Å². The predicted molar refractivity (Wildman–Crippen MR) is 83.1 cm³/mol. The topological polar surface area (TPSA) is 35.8 Å². The van der Waals surface area contributed by atoms with Crippen LogP contribution in [0.1, 0.15) is 10.9 Å². The molecule has 0 aliphatic carbocycles. The van der Waals surface area contributed by atoms with Gasteiger partial charge >= 0.3 is 0 Å².